The fraction of sp³-hybridized carbons (Fsp3) is 0.130. The number of para-hydroxylation sites is 1. The number of imide groups is 1. The van der Waals surface area contributed by atoms with Crippen LogP contribution in [0.5, 0.6) is 0 Å². The summed E-state index contributed by atoms with van der Waals surface area (Å²) >= 11 is 0. The van der Waals surface area contributed by atoms with Gasteiger partial charge in [-0.15, -0.1) is 0 Å². The van der Waals surface area contributed by atoms with E-state index < -0.39 is 30.2 Å². The Morgan fingerprint density at radius 2 is 1.88 bits per heavy atom. The van der Waals surface area contributed by atoms with Gasteiger partial charge in [0.1, 0.15) is 18.1 Å². The van der Waals surface area contributed by atoms with Crippen LogP contribution in [-0.2, 0) is 9.59 Å². The van der Waals surface area contributed by atoms with E-state index in [0.717, 1.165) is 27.5 Å². The van der Waals surface area contributed by atoms with Crippen molar-refractivity contribution in [3.63, 3.8) is 0 Å². The second kappa shape index (κ2) is 8.46. The third kappa shape index (κ3) is 4.00. The van der Waals surface area contributed by atoms with E-state index in [4.69, 9.17) is 0 Å². The number of pyridine rings is 1. The molecule has 0 bridgehead atoms. The average molecular weight is 433 g/mol. The van der Waals surface area contributed by atoms with Crippen LogP contribution in [0.3, 0.4) is 0 Å². The maximum Gasteiger partial charge on any atom is 0.329 e. The van der Waals surface area contributed by atoms with E-state index >= 15 is 0 Å². The molecule has 32 heavy (non-hydrogen) atoms. The summed E-state index contributed by atoms with van der Waals surface area (Å²) in [5, 5.41) is 4.87. The number of aromatic nitrogens is 2. The highest BCUT2D eigenvalue weighted by atomic mass is 19.1. The zero-order valence-electron chi connectivity index (χ0n) is 17.4. The maximum atomic E-state index is 13.7. The van der Waals surface area contributed by atoms with Crippen LogP contribution in [0.25, 0.3) is 11.8 Å². The Kier molecular flexibility index (Phi) is 5.55. The molecule has 0 aliphatic carbocycles. The predicted molar refractivity (Wildman–Crippen MR) is 116 cm³/mol. The SMILES string of the molecule is Cc1cc(/C=C2/NC(=O)N(CC(=O)Nc3ccccc3F)C2=O)c(C)n1-c1ccncc1. The van der Waals surface area contributed by atoms with Gasteiger partial charge >= 0.3 is 6.03 Å². The maximum absolute atomic E-state index is 13.7. The first-order chi connectivity index (χ1) is 15.3. The molecule has 1 aromatic carbocycles. The second-order valence-electron chi connectivity index (χ2n) is 7.27. The number of benzene rings is 1. The highest BCUT2D eigenvalue weighted by Gasteiger charge is 2.35. The van der Waals surface area contributed by atoms with Gasteiger partial charge in [0.05, 0.1) is 5.69 Å². The number of urea groups is 1. The first kappa shape index (κ1) is 21.0. The smallest absolute Gasteiger partial charge is 0.322 e. The fourth-order valence-electron chi connectivity index (χ4n) is 3.59. The summed E-state index contributed by atoms with van der Waals surface area (Å²) in [5.74, 6) is -1.92. The second-order valence-corrected chi connectivity index (χ2v) is 7.27. The highest BCUT2D eigenvalue weighted by molar-refractivity contribution is 6.16. The molecule has 0 unspecified atom stereocenters. The van der Waals surface area contributed by atoms with Crippen molar-refractivity contribution in [2.24, 2.45) is 0 Å². The Bertz CT molecular complexity index is 1250. The van der Waals surface area contributed by atoms with Crippen LogP contribution in [0, 0.1) is 19.7 Å². The number of carbonyl (C=O) groups excluding carboxylic acids is 3. The lowest BCUT2D eigenvalue weighted by Crippen LogP contribution is -2.38. The van der Waals surface area contributed by atoms with Gasteiger partial charge in [0.2, 0.25) is 5.91 Å². The number of nitrogens with zero attached hydrogens (tertiary/aromatic N) is 3. The Labute approximate surface area is 183 Å². The van der Waals surface area contributed by atoms with E-state index in [-0.39, 0.29) is 11.4 Å². The number of nitrogens with one attached hydrogen (secondary N) is 2. The Hall–Kier alpha value is -4.27. The molecular weight excluding hydrogens is 413 g/mol. The molecule has 0 radical (unpaired) electrons. The number of halogens is 1. The molecule has 4 rings (SSSR count). The van der Waals surface area contributed by atoms with E-state index in [1.54, 1.807) is 24.5 Å². The molecule has 3 aromatic rings. The van der Waals surface area contributed by atoms with Crippen molar-refractivity contribution in [1.29, 1.82) is 0 Å². The predicted octanol–water partition coefficient (Wildman–Crippen LogP) is 3.16. The molecule has 8 nitrogen and oxygen atoms in total. The molecule has 2 aromatic heterocycles. The van der Waals surface area contributed by atoms with Crippen molar-refractivity contribution < 1.29 is 18.8 Å². The van der Waals surface area contributed by atoms with Gasteiger partial charge in [-0.25, -0.2) is 14.1 Å². The van der Waals surface area contributed by atoms with E-state index in [2.05, 4.69) is 15.6 Å². The van der Waals surface area contributed by atoms with Crippen molar-refractivity contribution >= 4 is 29.6 Å². The minimum atomic E-state index is -0.715. The third-order valence-electron chi connectivity index (χ3n) is 5.10. The Balaban J connectivity index is 1.53. The van der Waals surface area contributed by atoms with Crippen LogP contribution in [0.2, 0.25) is 0 Å². The molecule has 0 spiro atoms. The van der Waals surface area contributed by atoms with Gasteiger partial charge in [-0.05, 0) is 55.8 Å². The van der Waals surface area contributed by atoms with Crippen LogP contribution in [0.15, 0.2) is 60.6 Å². The van der Waals surface area contributed by atoms with Crippen molar-refractivity contribution in [2.45, 2.75) is 13.8 Å². The lowest BCUT2D eigenvalue weighted by molar-refractivity contribution is -0.127. The summed E-state index contributed by atoms with van der Waals surface area (Å²) in [6.07, 6.45) is 4.96. The van der Waals surface area contributed by atoms with Crippen LogP contribution in [0.4, 0.5) is 14.9 Å². The average Bonchev–Trinajstić information content (AvgIpc) is 3.19. The molecule has 0 atom stereocenters. The summed E-state index contributed by atoms with van der Waals surface area (Å²) in [6.45, 7) is 3.30. The van der Waals surface area contributed by atoms with Gasteiger partial charge in [-0.2, -0.15) is 0 Å². The molecular formula is C23H20FN5O3. The molecule has 4 amide bonds. The zero-order valence-corrected chi connectivity index (χ0v) is 17.4. The molecule has 0 saturated carbocycles. The molecule has 1 aliphatic heterocycles. The van der Waals surface area contributed by atoms with Crippen molar-refractivity contribution in [2.75, 3.05) is 11.9 Å². The van der Waals surface area contributed by atoms with Crippen molar-refractivity contribution in [3.05, 3.63) is 83.3 Å². The number of carbonyl (C=O) groups is 3. The monoisotopic (exact) mass is 433 g/mol. The summed E-state index contributed by atoms with van der Waals surface area (Å²) in [7, 11) is 0. The first-order valence-corrected chi connectivity index (χ1v) is 9.83. The molecule has 162 valence electrons. The van der Waals surface area contributed by atoms with Crippen molar-refractivity contribution in [1.82, 2.24) is 19.8 Å². The Morgan fingerprint density at radius 3 is 2.59 bits per heavy atom. The van der Waals surface area contributed by atoms with Crippen LogP contribution in [-0.4, -0.2) is 38.8 Å². The minimum Gasteiger partial charge on any atom is -0.322 e. The van der Waals surface area contributed by atoms with Crippen LogP contribution in [0.1, 0.15) is 17.0 Å². The van der Waals surface area contributed by atoms with Gasteiger partial charge in [0, 0.05) is 29.5 Å². The first-order valence-electron chi connectivity index (χ1n) is 9.83. The minimum absolute atomic E-state index is 0.0242. The molecule has 1 fully saturated rings. The standard InChI is InChI=1S/C23H20FN5O3/c1-14-11-16(15(2)29(14)17-7-9-25-10-8-17)12-20-22(31)28(23(32)27-20)13-21(30)26-19-6-4-3-5-18(19)24/h3-12H,13H2,1-2H3,(H,26,30)(H,27,32)/b20-12+. The fourth-order valence-corrected chi connectivity index (χ4v) is 3.59. The Morgan fingerprint density at radius 1 is 1.16 bits per heavy atom. The number of aryl methyl sites for hydroxylation is 1. The van der Waals surface area contributed by atoms with E-state index in [0.29, 0.717) is 0 Å². The largest absolute Gasteiger partial charge is 0.329 e. The lowest BCUT2D eigenvalue weighted by atomic mass is 10.2. The topological polar surface area (TPSA) is 96.3 Å². The molecule has 3 heterocycles. The van der Waals surface area contributed by atoms with Crippen molar-refractivity contribution in [3.8, 4) is 5.69 Å². The zero-order chi connectivity index (χ0) is 22.8. The lowest BCUT2D eigenvalue weighted by Gasteiger charge is -2.12. The number of rotatable bonds is 5. The summed E-state index contributed by atoms with van der Waals surface area (Å²) in [5.41, 5.74) is 3.53. The summed E-state index contributed by atoms with van der Waals surface area (Å²) < 4.78 is 15.7. The third-order valence-corrected chi connectivity index (χ3v) is 5.10. The number of hydrogen-bond acceptors (Lipinski definition) is 4. The van der Waals surface area contributed by atoms with E-state index in [9.17, 15) is 18.8 Å². The van der Waals surface area contributed by atoms with Crippen LogP contribution >= 0.6 is 0 Å². The van der Waals surface area contributed by atoms with E-state index in [1.807, 2.05) is 36.6 Å². The van der Waals surface area contributed by atoms with Gasteiger partial charge in [-0.3, -0.25) is 14.6 Å². The van der Waals surface area contributed by atoms with Crippen LogP contribution < -0.4 is 10.6 Å². The number of hydrogen-bond donors (Lipinski definition) is 2. The molecule has 2 N–H and O–H groups in total. The number of anilines is 1. The normalized spacial score (nSPS) is 14.7. The quantitative estimate of drug-likeness (QED) is 0.477. The van der Waals surface area contributed by atoms with Gasteiger partial charge in [0.25, 0.3) is 5.91 Å². The highest BCUT2D eigenvalue weighted by Crippen LogP contribution is 2.23. The summed E-state index contributed by atoms with van der Waals surface area (Å²) in [4.78, 5) is 42.1. The molecule has 1 saturated heterocycles. The van der Waals surface area contributed by atoms with Gasteiger partial charge in [-0.1, -0.05) is 12.1 Å². The van der Waals surface area contributed by atoms with Gasteiger partial charge < -0.3 is 15.2 Å². The molecule has 9 heteroatoms. The number of amides is 4. The summed E-state index contributed by atoms with van der Waals surface area (Å²) in [6, 6.07) is 10.6. The molecule has 1 aliphatic rings. The van der Waals surface area contributed by atoms with E-state index in [1.165, 1.54) is 18.2 Å². The van der Waals surface area contributed by atoms with Gasteiger partial charge in [0.15, 0.2) is 0 Å².